The summed E-state index contributed by atoms with van der Waals surface area (Å²) in [7, 11) is 1.61. The van der Waals surface area contributed by atoms with Gasteiger partial charge in [-0.05, 0) is 37.5 Å². The molecule has 0 saturated carbocycles. The molecule has 3 heteroatoms. The first kappa shape index (κ1) is 13.8. The minimum atomic E-state index is -0.837. The van der Waals surface area contributed by atoms with Gasteiger partial charge in [0.1, 0.15) is 6.61 Å². The molecule has 1 rings (SSSR count). The van der Waals surface area contributed by atoms with E-state index >= 15 is 0 Å². The highest BCUT2D eigenvalue weighted by atomic mass is 16.5. The van der Waals surface area contributed by atoms with Crippen LogP contribution in [0.3, 0.4) is 0 Å². The molecule has 0 aliphatic carbocycles. The highest BCUT2D eigenvalue weighted by Crippen LogP contribution is 2.29. The van der Waals surface area contributed by atoms with Crippen LogP contribution in [0.4, 0.5) is 0 Å². The average molecular weight is 238 g/mol. The van der Waals surface area contributed by atoms with Crippen LogP contribution in [0.2, 0.25) is 0 Å². The maximum absolute atomic E-state index is 10.1. The highest BCUT2D eigenvalue weighted by molar-refractivity contribution is 5.42. The molecule has 0 fully saturated rings. The average Bonchev–Trinajstić information content (AvgIpc) is 2.27. The molecule has 1 unspecified atom stereocenters. The molecule has 0 saturated heterocycles. The standard InChI is InChI=1S/C14H22O3/c1-10(2)14(4,15)9-17-12-7-6-11(3)8-13(12)16-5/h6-8,10,15H,9H2,1-5H3. The Balaban J connectivity index is 2.76. The van der Waals surface area contributed by atoms with Gasteiger partial charge in [-0.25, -0.2) is 0 Å². The fourth-order valence-electron chi connectivity index (χ4n) is 1.28. The zero-order chi connectivity index (χ0) is 13.1. The van der Waals surface area contributed by atoms with Crippen molar-refractivity contribution in [2.24, 2.45) is 5.92 Å². The smallest absolute Gasteiger partial charge is 0.161 e. The third kappa shape index (κ3) is 3.63. The minimum Gasteiger partial charge on any atom is -0.493 e. The van der Waals surface area contributed by atoms with Crippen molar-refractivity contribution in [3.63, 3.8) is 0 Å². The van der Waals surface area contributed by atoms with Crippen LogP contribution in [0, 0.1) is 12.8 Å². The molecule has 17 heavy (non-hydrogen) atoms. The van der Waals surface area contributed by atoms with Crippen LogP contribution in [0.25, 0.3) is 0 Å². The SMILES string of the molecule is COc1cc(C)ccc1OCC(C)(O)C(C)C. The Hall–Kier alpha value is -1.22. The van der Waals surface area contributed by atoms with Crippen molar-refractivity contribution >= 4 is 0 Å². The van der Waals surface area contributed by atoms with E-state index in [2.05, 4.69) is 0 Å². The number of aryl methyl sites for hydroxylation is 1. The van der Waals surface area contributed by atoms with Gasteiger partial charge in [0.2, 0.25) is 0 Å². The van der Waals surface area contributed by atoms with E-state index in [0.29, 0.717) is 11.5 Å². The first-order valence-corrected chi connectivity index (χ1v) is 5.86. The van der Waals surface area contributed by atoms with Gasteiger partial charge in [-0.15, -0.1) is 0 Å². The Labute approximate surface area is 103 Å². The van der Waals surface area contributed by atoms with Crippen LogP contribution >= 0.6 is 0 Å². The molecule has 0 aliphatic heterocycles. The Morgan fingerprint density at radius 1 is 1.29 bits per heavy atom. The van der Waals surface area contributed by atoms with Crippen LogP contribution in [0.1, 0.15) is 26.3 Å². The predicted molar refractivity (Wildman–Crippen MR) is 68.7 cm³/mol. The molecule has 0 aliphatic rings. The summed E-state index contributed by atoms with van der Waals surface area (Å²) < 4.78 is 10.9. The lowest BCUT2D eigenvalue weighted by Crippen LogP contribution is -2.37. The summed E-state index contributed by atoms with van der Waals surface area (Å²) in [6.07, 6.45) is 0. The topological polar surface area (TPSA) is 38.7 Å². The summed E-state index contributed by atoms with van der Waals surface area (Å²) >= 11 is 0. The van der Waals surface area contributed by atoms with E-state index in [9.17, 15) is 5.11 Å². The normalized spacial score (nSPS) is 14.5. The van der Waals surface area contributed by atoms with Crippen LogP contribution < -0.4 is 9.47 Å². The summed E-state index contributed by atoms with van der Waals surface area (Å²) in [5.41, 5.74) is 0.278. The van der Waals surface area contributed by atoms with Crippen LogP contribution in [-0.2, 0) is 0 Å². The molecule has 0 amide bonds. The van der Waals surface area contributed by atoms with E-state index < -0.39 is 5.60 Å². The lowest BCUT2D eigenvalue weighted by atomic mass is 9.94. The Morgan fingerprint density at radius 2 is 1.94 bits per heavy atom. The molecule has 3 nitrogen and oxygen atoms in total. The van der Waals surface area contributed by atoms with Gasteiger partial charge in [-0.3, -0.25) is 0 Å². The summed E-state index contributed by atoms with van der Waals surface area (Å²) in [4.78, 5) is 0. The van der Waals surface area contributed by atoms with Crippen molar-refractivity contribution in [1.29, 1.82) is 0 Å². The first-order valence-electron chi connectivity index (χ1n) is 5.86. The Morgan fingerprint density at radius 3 is 2.47 bits per heavy atom. The summed E-state index contributed by atoms with van der Waals surface area (Å²) in [6.45, 7) is 7.96. The van der Waals surface area contributed by atoms with E-state index in [0.717, 1.165) is 5.56 Å². The van der Waals surface area contributed by atoms with Crippen molar-refractivity contribution in [2.45, 2.75) is 33.3 Å². The number of methoxy groups -OCH3 is 1. The molecule has 1 aromatic rings. The molecule has 96 valence electrons. The maximum atomic E-state index is 10.1. The first-order chi connectivity index (χ1) is 7.86. The van der Waals surface area contributed by atoms with Gasteiger partial charge in [-0.2, -0.15) is 0 Å². The third-order valence-corrected chi connectivity index (χ3v) is 3.08. The molecule has 0 spiro atoms. The number of rotatable bonds is 5. The van der Waals surface area contributed by atoms with E-state index in [1.807, 2.05) is 39.0 Å². The van der Waals surface area contributed by atoms with Crippen molar-refractivity contribution in [3.05, 3.63) is 23.8 Å². The van der Waals surface area contributed by atoms with E-state index in [1.165, 1.54) is 0 Å². The highest BCUT2D eigenvalue weighted by Gasteiger charge is 2.26. The second kappa shape index (κ2) is 5.41. The number of benzene rings is 1. The van der Waals surface area contributed by atoms with Crippen LogP contribution in [0.15, 0.2) is 18.2 Å². The summed E-state index contributed by atoms with van der Waals surface area (Å²) in [6, 6.07) is 5.74. The zero-order valence-corrected chi connectivity index (χ0v) is 11.3. The van der Waals surface area contributed by atoms with E-state index in [4.69, 9.17) is 9.47 Å². The van der Waals surface area contributed by atoms with Crippen LogP contribution in [0.5, 0.6) is 11.5 Å². The van der Waals surface area contributed by atoms with Gasteiger partial charge in [-0.1, -0.05) is 19.9 Å². The fraction of sp³-hybridized carbons (Fsp3) is 0.571. The molecule has 1 N–H and O–H groups in total. The molecular formula is C14H22O3. The molecular weight excluding hydrogens is 216 g/mol. The van der Waals surface area contributed by atoms with E-state index in [1.54, 1.807) is 14.0 Å². The lowest BCUT2D eigenvalue weighted by molar-refractivity contribution is -0.0271. The largest absolute Gasteiger partial charge is 0.493 e. The summed E-state index contributed by atoms with van der Waals surface area (Å²) in [5.74, 6) is 1.50. The van der Waals surface area contributed by atoms with E-state index in [-0.39, 0.29) is 12.5 Å². The van der Waals surface area contributed by atoms with Crippen molar-refractivity contribution in [2.75, 3.05) is 13.7 Å². The van der Waals surface area contributed by atoms with Gasteiger partial charge < -0.3 is 14.6 Å². The minimum absolute atomic E-state index is 0.138. The number of hydrogen-bond donors (Lipinski definition) is 1. The van der Waals surface area contributed by atoms with Crippen LogP contribution in [-0.4, -0.2) is 24.4 Å². The van der Waals surface area contributed by atoms with Crippen molar-refractivity contribution in [3.8, 4) is 11.5 Å². The Bertz CT molecular complexity index is 370. The molecule has 0 radical (unpaired) electrons. The van der Waals surface area contributed by atoms with Gasteiger partial charge in [0.25, 0.3) is 0 Å². The lowest BCUT2D eigenvalue weighted by Gasteiger charge is -2.27. The number of aliphatic hydroxyl groups is 1. The molecule has 1 atom stereocenters. The summed E-state index contributed by atoms with van der Waals surface area (Å²) in [5, 5.41) is 10.1. The third-order valence-electron chi connectivity index (χ3n) is 3.08. The Kier molecular flexibility index (Phi) is 4.40. The van der Waals surface area contributed by atoms with Crippen molar-refractivity contribution < 1.29 is 14.6 Å². The molecule has 0 bridgehead atoms. The number of ether oxygens (including phenoxy) is 2. The number of hydrogen-bond acceptors (Lipinski definition) is 3. The maximum Gasteiger partial charge on any atom is 0.161 e. The predicted octanol–water partition coefficient (Wildman–Crippen LogP) is 2.79. The quantitative estimate of drug-likeness (QED) is 0.857. The molecule has 1 aromatic carbocycles. The second-order valence-corrected chi connectivity index (χ2v) is 4.95. The fourth-order valence-corrected chi connectivity index (χ4v) is 1.28. The second-order valence-electron chi connectivity index (χ2n) is 4.95. The monoisotopic (exact) mass is 238 g/mol. The van der Waals surface area contributed by atoms with Gasteiger partial charge >= 0.3 is 0 Å². The molecule has 0 heterocycles. The van der Waals surface area contributed by atoms with Gasteiger partial charge in [0.05, 0.1) is 12.7 Å². The van der Waals surface area contributed by atoms with Gasteiger partial charge in [0, 0.05) is 0 Å². The zero-order valence-electron chi connectivity index (χ0n) is 11.3. The van der Waals surface area contributed by atoms with Crippen molar-refractivity contribution in [1.82, 2.24) is 0 Å². The molecule has 0 aromatic heterocycles. The van der Waals surface area contributed by atoms with Gasteiger partial charge in [0.15, 0.2) is 11.5 Å².